The van der Waals surface area contributed by atoms with Crippen molar-refractivity contribution < 1.29 is 18.0 Å². The van der Waals surface area contributed by atoms with Crippen LogP contribution in [0.25, 0.3) is 0 Å². The number of hydrogen-bond acceptors (Lipinski definition) is 2. The molecule has 1 fully saturated rings. The zero-order chi connectivity index (χ0) is 12.7. The fourth-order valence-electron chi connectivity index (χ4n) is 2.15. The van der Waals surface area contributed by atoms with Gasteiger partial charge in [-0.3, -0.25) is 4.79 Å². The Kier molecular flexibility index (Phi) is 5.95. The normalized spacial score (nSPS) is 21.5. The van der Waals surface area contributed by atoms with Crippen LogP contribution in [0.3, 0.4) is 0 Å². The summed E-state index contributed by atoms with van der Waals surface area (Å²) in [7, 11) is 0. The first kappa shape index (κ1) is 14.5. The van der Waals surface area contributed by atoms with Crippen LogP contribution in [0.5, 0.6) is 0 Å². The minimum atomic E-state index is -4.13. The maximum absolute atomic E-state index is 11.9. The van der Waals surface area contributed by atoms with Crippen LogP contribution in [0.1, 0.15) is 44.9 Å². The van der Waals surface area contributed by atoms with Gasteiger partial charge in [-0.1, -0.05) is 0 Å². The van der Waals surface area contributed by atoms with Crippen LogP contribution in [0.4, 0.5) is 13.2 Å². The van der Waals surface area contributed by atoms with Gasteiger partial charge in [-0.25, -0.2) is 0 Å². The molecule has 0 aliphatic carbocycles. The molecule has 100 valence electrons. The van der Waals surface area contributed by atoms with Crippen LogP contribution in [-0.2, 0) is 4.79 Å². The molecule has 0 radical (unpaired) electrons. The van der Waals surface area contributed by atoms with Gasteiger partial charge in [0.15, 0.2) is 0 Å². The van der Waals surface area contributed by atoms with Crippen molar-refractivity contribution in [3.05, 3.63) is 0 Å². The third kappa shape index (κ3) is 7.36. The summed E-state index contributed by atoms with van der Waals surface area (Å²) in [5.41, 5.74) is 0. The fourth-order valence-corrected chi connectivity index (χ4v) is 2.15. The molecule has 1 saturated heterocycles. The summed E-state index contributed by atoms with van der Waals surface area (Å²) in [6, 6.07) is 0. The molecule has 5 heteroatoms. The lowest BCUT2D eigenvalue weighted by Crippen LogP contribution is -2.30. The van der Waals surface area contributed by atoms with Gasteiger partial charge in [-0.2, -0.15) is 13.2 Å². The minimum Gasteiger partial charge on any atom is -0.316 e. The maximum Gasteiger partial charge on any atom is 0.389 e. The molecule has 0 saturated carbocycles. The molecule has 1 heterocycles. The van der Waals surface area contributed by atoms with Crippen LogP contribution in [0.2, 0.25) is 0 Å². The zero-order valence-electron chi connectivity index (χ0n) is 9.98. The van der Waals surface area contributed by atoms with Crippen molar-refractivity contribution in [2.45, 2.75) is 51.1 Å². The SMILES string of the molecule is O=C(CCCC(F)(F)F)CCC1CCCNC1. The molecular formula is C12H20F3NO. The van der Waals surface area contributed by atoms with Gasteiger partial charge in [0.2, 0.25) is 0 Å². The van der Waals surface area contributed by atoms with Crippen molar-refractivity contribution >= 4 is 5.78 Å². The van der Waals surface area contributed by atoms with Crippen molar-refractivity contribution in [1.29, 1.82) is 0 Å². The molecule has 1 unspecified atom stereocenters. The molecule has 0 aromatic rings. The molecule has 0 aromatic heterocycles. The molecule has 0 bridgehead atoms. The van der Waals surface area contributed by atoms with Gasteiger partial charge >= 0.3 is 6.18 Å². The van der Waals surface area contributed by atoms with Crippen molar-refractivity contribution in [3.8, 4) is 0 Å². The number of hydrogen-bond donors (Lipinski definition) is 1. The van der Waals surface area contributed by atoms with Gasteiger partial charge in [0.05, 0.1) is 0 Å². The van der Waals surface area contributed by atoms with E-state index in [4.69, 9.17) is 0 Å². The number of halogens is 3. The molecule has 0 aromatic carbocycles. The van der Waals surface area contributed by atoms with Crippen molar-refractivity contribution in [1.82, 2.24) is 5.32 Å². The predicted molar refractivity (Wildman–Crippen MR) is 59.7 cm³/mol. The largest absolute Gasteiger partial charge is 0.389 e. The van der Waals surface area contributed by atoms with Crippen molar-refractivity contribution in [2.24, 2.45) is 5.92 Å². The van der Waals surface area contributed by atoms with E-state index >= 15 is 0 Å². The molecule has 1 aliphatic heterocycles. The third-order valence-corrected chi connectivity index (χ3v) is 3.15. The summed E-state index contributed by atoms with van der Waals surface area (Å²) in [6.07, 6.45) is -1.46. The number of ketones is 1. The second kappa shape index (κ2) is 6.99. The molecular weight excluding hydrogens is 231 g/mol. The number of Topliss-reactive ketones (excluding diaryl/α,β-unsaturated/α-hetero) is 1. The van der Waals surface area contributed by atoms with E-state index < -0.39 is 12.6 Å². The number of nitrogens with one attached hydrogen (secondary N) is 1. The predicted octanol–water partition coefficient (Wildman–Crippen LogP) is 3.07. The van der Waals surface area contributed by atoms with E-state index in [1.807, 2.05) is 0 Å². The first-order valence-corrected chi connectivity index (χ1v) is 6.26. The smallest absolute Gasteiger partial charge is 0.316 e. The first-order chi connectivity index (χ1) is 7.97. The van der Waals surface area contributed by atoms with Crippen LogP contribution < -0.4 is 5.32 Å². The number of alkyl halides is 3. The Morgan fingerprint density at radius 2 is 2.06 bits per heavy atom. The lowest BCUT2D eigenvalue weighted by molar-refractivity contribution is -0.137. The van der Waals surface area contributed by atoms with E-state index in [0.29, 0.717) is 12.3 Å². The van der Waals surface area contributed by atoms with Crippen LogP contribution >= 0.6 is 0 Å². The van der Waals surface area contributed by atoms with Crippen LogP contribution in [0.15, 0.2) is 0 Å². The van der Waals surface area contributed by atoms with Crippen LogP contribution in [-0.4, -0.2) is 25.0 Å². The molecule has 2 nitrogen and oxygen atoms in total. The number of carbonyl (C=O) groups excluding carboxylic acids is 1. The molecule has 1 rings (SSSR count). The second-order valence-corrected chi connectivity index (χ2v) is 4.76. The summed E-state index contributed by atoms with van der Waals surface area (Å²) >= 11 is 0. The van der Waals surface area contributed by atoms with E-state index in [0.717, 1.165) is 32.4 Å². The van der Waals surface area contributed by atoms with E-state index in [9.17, 15) is 18.0 Å². The van der Waals surface area contributed by atoms with Gasteiger partial charge in [0, 0.05) is 19.3 Å². The molecule has 0 amide bonds. The lowest BCUT2D eigenvalue weighted by atomic mass is 9.93. The number of carbonyl (C=O) groups is 1. The van der Waals surface area contributed by atoms with Gasteiger partial charge in [-0.05, 0) is 44.7 Å². The zero-order valence-corrected chi connectivity index (χ0v) is 9.98. The Morgan fingerprint density at radius 1 is 1.29 bits per heavy atom. The molecule has 1 aliphatic rings. The van der Waals surface area contributed by atoms with Crippen molar-refractivity contribution in [2.75, 3.05) is 13.1 Å². The third-order valence-electron chi connectivity index (χ3n) is 3.15. The van der Waals surface area contributed by atoms with Gasteiger partial charge < -0.3 is 5.32 Å². The summed E-state index contributed by atoms with van der Waals surface area (Å²) in [4.78, 5) is 11.4. The summed E-state index contributed by atoms with van der Waals surface area (Å²) in [6.45, 7) is 1.98. The number of piperidine rings is 1. The number of rotatable bonds is 6. The molecule has 1 N–H and O–H groups in total. The average Bonchev–Trinajstić information content (AvgIpc) is 2.26. The highest BCUT2D eigenvalue weighted by Crippen LogP contribution is 2.23. The van der Waals surface area contributed by atoms with E-state index in [1.54, 1.807) is 0 Å². The quantitative estimate of drug-likeness (QED) is 0.786. The van der Waals surface area contributed by atoms with E-state index in [-0.39, 0.29) is 18.6 Å². The Hall–Kier alpha value is -0.580. The Bertz CT molecular complexity index is 234. The first-order valence-electron chi connectivity index (χ1n) is 6.26. The second-order valence-electron chi connectivity index (χ2n) is 4.76. The summed E-state index contributed by atoms with van der Waals surface area (Å²) in [5, 5.41) is 3.26. The van der Waals surface area contributed by atoms with Gasteiger partial charge in [-0.15, -0.1) is 0 Å². The maximum atomic E-state index is 11.9. The standard InChI is InChI=1S/C12H20F3NO/c13-12(14,15)7-1-4-11(17)6-5-10-3-2-8-16-9-10/h10,16H,1-9H2. The van der Waals surface area contributed by atoms with Gasteiger partial charge in [0.25, 0.3) is 0 Å². The monoisotopic (exact) mass is 251 g/mol. The van der Waals surface area contributed by atoms with E-state index in [1.165, 1.54) is 0 Å². The molecule has 1 atom stereocenters. The Labute approximate surface area is 100.0 Å². The van der Waals surface area contributed by atoms with Crippen molar-refractivity contribution in [3.63, 3.8) is 0 Å². The highest BCUT2D eigenvalue weighted by atomic mass is 19.4. The average molecular weight is 251 g/mol. The highest BCUT2D eigenvalue weighted by molar-refractivity contribution is 5.78. The molecule has 0 spiro atoms. The van der Waals surface area contributed by atoms with Crippen LogP contribution in [0, 0.1) is 5.92 Å². The Morgan fingerprint density at radius 3 is 2.65 bits per heavy atom. The lowest BCUT2D eigenvalue weighted by Gasteiger charge is -2.22. The van der Waals surface area contributed by atoms with E-state index in [2.05, 4.69) is 5.32 Å². The fraction of sp³-hybridized carbons (Fsp3) is 0.917. The molecule has 17 heavy (non-hydrogen) atoms. The summed E-state index contributed by atoms with van der Waals surface area (Å²) < 4.78 is 35.6. The van der Waals surface area contributed by atoms with Gasteiger partial charge in [0.1, 0.15) is 5.78 Å². The Balaban J connectivity index is 2.04. The highest BCUT2D eigenvalue weighted by Gasteiger charge is 2.26. The summed E-state index contributed by atoms with van der Waals surface area (Å²) in [5.74, 6) is 0.495. The topological polar surface area (TPSA) is 29.1 Å². The minimum absolute atomic E-state index is 0.0279.